The third kappa shape index (κ3) is 1.64. The summed E-state index contributed by atoms with van der Waals surface area (Å²) in [5.74, 6) is 0.119. The number of halogens is 1. The van der Waals surface area contributed by atoms with E-state index in [9.17, 15) is 4.39 Å². The molecule has 0 aliphatic heterocycles. The number of nitrogen functional groups attached to an aromatic ring is 1. The van der Waals surface area contributed by atoms with Gasteiger partial charge in [0, 0.05) is 6.20 Å². The van der Waals surface area contributed by atoms with Crippen molar-refractivity contribution in [1.29, 1.82) is 0 Å². The summed E-state index contributed by atoms with van der Waals surface area (Å²) in [6.45, 7) is 0. The van der Waals surface area contributed by atoms with Crippen molar-refractivity contribution in [3.8, 4) is 0 Å². The van der Waals surface area contributed by atoms with Crippen molar-refractivity contribution in [1.82, 2.24) is 4.98 Å². The molecule has 0 unspecified atom stereocenters. The van der Waals surface area contributed by atoms with Crippen molar-refractivity contribution in [2.45, 2.75) is 31.6 Å². The first-order chi connectivity index (χ1) is 6.27. The molecule has 1 heterocycles. The lowest BCUT2D eigenvalue weighted by Gasteiger charge is -2.08. The number of nitrogens with two attached hydrogens (primary N) is 1. The van der Waals surface area contributed by atoms with Crippen molar-refractivity contribution >= 4 is 5.82 Å². The maximum absolute atomic E-state index is 13.0. The van der Waals surface area contributed by atoms with Crippen LogP contribution in [0.15, 0.2) is 12.3 Å². The van der Waals surface area contributed by atoms with Gasteiger partial charge in [-0.25, -0.2) is 9.37 Å². The fourth-order valence-corrected chi connectivity index (χ4v) is 1.95. The Morgan fingerprint density at radius 2 is 2.08 bits per heavy atom. The molecule has 0 spiro atoms. The Morgan fingerprint density at radius 1 is 1.38 bits per heavy atom. The summed E-state index contributed by atoms with van der Waals surface area (Å²) in [7, 11) is 0. The van der Waals surface area contributed by atoms with E-state index < -0.39 is 0 Å². The summed E-state index contributed by atoms with van der Waals surface area (Å²) >= 11 is 0. The van der Waals surface area contributed by atoms with Crippen molar-refractivity contribution in [2.75, 3.05) is 5.73 Å². The fraction of sp³-hybridized carbons (Fsp3) is 0.500. The summed E-state index contributed by atoms with van der Waals surface area (Å²) in [5.41, 5.74) is 6.31. The molecule has 2 nitrogen and oxygen atoms in total. The molecule has 13 heavy (non-hydrogen) atoms. The molecule has 1 aliphatic carbocycles. The minimum atomic E-state index is -0.385. The molecule has 3 heteroatoms. The van der Waals surface area contributed by atoms with E-state index in [1.807, 2.05) is 0 Å². The topological polar surface area (TPSA) is 38.9 Å². The van der Waals surface area contributed by atoms with E-state index in [0.29, 0.717) is 5.92 Å². The van der Waals surface area contributed by atoms with Crippen LogP contribution < -0.4 is 5.73 Å². The average Bonchev–Trinajstić information content (AvgIpc) is 2.62. The van der Waals surface area contributed by atoms with Crippen LogP contribution in [-0.2, 0) is 0 Å². The lowest BCUT2D eigenvalue weighted by molar-refractivity contribution is 0.616. The van der Waals surface area contributed by atoms with E-state index in [1.165, 1.54) is 18.9 Å². The third-order valence-corrected chi connectivity index (χ3v) is 2.72. The molecule has 1 aromatic rings. The van der Waals surface area contributed by atoms with Crippen molar-refractivity contribution in [2.24, 2.45) is 0 Å². The standard InChI is InChI=1S/C10H13FN2/c11-9-5-8(6-13-10(9)12)7-3-1-2-4-7/h5-7H,1-4H2,(H2,12,13). The lowest BCUT2D eigenvalue weighted by atomic mass is 10.00. The molecule has 2 N–H and O–H groups in total. The molecule has 0 atom stereocenters. The highest BCUT2D eigenvalue weighted by molar-refractivity contribution is 5.33. The van der Waals surface area contributed by atoms with Gasteiger partial charge in [0.2, 0.25) is 0 Å². The van der Waals surface area contributed by atoms with Gasteiger partial charge in [-0.3, -0.25) is 0 Å². The summed E-state index contributed by atoms with van der Waals surface area (Å²) in [4.78, 5) is 3.83. The minimum absolute atomic E-state index is 0.00162. The van der Waals surface area contributed by atoms with E-state index in [1.54, 1.807) is 6.20 Å². The number of rotatable bonds is 1. The van der Waals surface area contributed by atoms with Gasteiger partial charge in [0.1, 0.15) is 0 Å². The van der Waals surface area contributed by atoms with Crippen LogP contribution in [0.3, 0.4) is 0 Å². The van der Waals surface area contributed by atoms with Crippen molar-refractivity contribution < 1.29 is 4.39 Å². The fourth-order valence-electron chi connectivity index (χ4n) is 1.95. The van der Waals surface area contributed by atoms with Gasteiger partial charge < -0.3 is 5.73 Å². The normalized spacial score (nSPS) is 17.9. The van der Waals surface area contributed by atoms with Gasteiger partial charge in [0.05, 0.1) is 0 Å². The Morgan fingerprint density at radius 3 is 2.69 bits per heavy atom. The van der Waals surface area contributed by atoms with Crippen LogP contribution in [0.25, 0.3) is 0 Å². The van der Waals surface area contributed by atoms with Gasteiger partial charge >= 0.3 is 0 Å². The second-order valence-corrected chi connectivity index (χ2v) is 3.62. The first-order valence-electron chi connectivity index (χ1n) is 4.68. The summed E-state index contributed by atoms with van der Waals surface area (Å²) in [6.07, 6.45) is 6.51. The van der Waals surface area contributed by atoms with Gasteiger partial charge in [0.25, 0.3) is 0 Å². The summed E-state index contributed by atoms with van der Waals surface area (Å²) in [6, 6.07) is 1.53. The second-order valence-electron chi connectivity index (χ2n) is 3.62. The van der Waals surface area contributed by atoms with E-state index in [-0.39, 0.29) is 11.6 Å². The number of pyridine rings is 1. The highest BCUT2D eigenvalue weighted by Gasteiger charge is 2.18. The molecule has 1 aliphatic rings. The Hall–Kier alpha value is -1.12. The number of nitrogens with zero attached hydrogens (tertiary/aromatic N) is 1. The van der Waals surface area contributed by atoms with E-state index in [0.717, 1.165) is 18.4 Å². The van der Waals surface area contributed by atoms with Gasteiger partial charge in [-0.15, -0.1) is 0 Å². The second kappa shape index (κ2) is 3.32. The molecule has 0 bridgehead atoms. The molecule has 1 fully saturated rings. The molecule has 0 amide bonds. The zero-order valence-corrected chi connectivity index (χ0v) is 7.46. The molecule has 0 aromatic carbocycles. The summed E-state index contributed by atoms with van der Waals surface area (Å²) < 4.78 is 13.0. The Bertz CT molecular complexity index is 306. The zero-order chi connectivity index (χ0) is 9.26. The van der Waals surface area contributed by atoms with Gasteiger partial charge in [0.15, 0.2) is 11.6 Å². The predicted octanol–water partition coefficient (Wildman–Crippen LogP) is 2.46. The van der Waals surface area contributed by atoms with Crippen LogP contribution in [0, 0.1) is 5.82 Å². The van der Waals surface area contributed by atoms with Gasteiger partial charge in [-0.1, -0.05) is 12.8 Å². The van der Waals surface area contributed by atoms with Gasteiger partial charge in [-0.2, -0.15) is 0 Å². The minimum Gasteiger partial charge on any atom is -0.381 e. The van der Waals surface area contributed by atoms with Crippen LogP contribution >= 0.6 is 0 Å². The number of aromatic nitrogens is 1. The molecule has 1 saturated carbocycles. The number of anilines is 1. The smallest absolute Gasteiger partial charge is 0.165 e. The van der Waals surface area contributed by atoms with E-state index in [4.69, 9.17) is 5.73 Å². The van der Waals surface area contributed by atoms with Crippen LogP contribution in [-0.4, -0.2) is 4.98 Å². The molecule has 70 valence electrons. The molecule has 1 aromatic heterocycles. The van der Waals surface area contributed by atoms with E-state index in [2.05, 4.69) is 4.98 Å². The molecule has 0 saturated heterocycles. The third-order valence-electron chi connectivity index (χ3n) is 2.72. The highest BCUT2D eigenvalue weighted by Crippen LogP contribution is 2.34. The largest absolute Gasteiger partial charge is 0.381 e. The van der Waals surface area contributed by atoms with Crippen LogP contribution in [0.2, 0.25) is 0 Å². The maximum Gasteiger partial charge on any atom is 0.165 e. The zero-order valence-electron chi connectivity index (χ0n) is 7.46. The first-order valence-corrected chi connectivity index (χ1v) is 4.68. The molecule has 2 rings (SSSR count). The van der Waals surface area contributed by atoms with Gasteiger partial charge in [-0.05, 0) is 30.4 Å². The molecular weight excluding hydrogens is 167 g/mol. The summed E-state index contributed by atoms with van der Waals surface area (Å²) in [5, 5.41) is 0. The monoisotopic (exact) mass is 180 g/mol. The SMILES string of the molecule is Nc1ncc(C2CCCC2)cc1F. The lowest BCUT2D eigenvalue weighted by Crippen LogP contribution is -1.99. The number of hydrogen-bond donors (Lipinski definition) is 1. The maximum atomic E-state index is 13.0. The molecular formula is C10H13FN2. The Balaban J connectivity index is 2.25. The Kier molecular flexibility index (Phi) is 2.17. The van der Waals surface area contributed by atoms with Crippen molar-refractivity contribution in [3.63, 3.8) is 0 Å². The van der Waals surface area contributed by atoms with E-state index >= 15 is 0 Å². The number of hydrogen-bond acceptors (Lipinski definition) is 2. The van der Waals surface area contributed by atoms with Crippen LogP contribution in [0.4, 0.5) is 10.2 Å². The average molecular weight is 180 g/mol. The quantitative estimate of drug-likeness (QED) is 0.721. The predicted molar refractivity (Wildman–Crippen MR) is 49.8 cm³/mol. The van der Waals surface area contributed by atoms with Crippen LogP contribution in [0.1, 0.15) is 37.2 Å². The highest BCUT2D eigenvalue weighted by atomic mass is 19.1. The Labute approximate surface area is 77.0 Å². The van der Waals surface area contributed by atoms with Crippen LogP contribution in [0.5, 0.6) is 0 Å². The van der Waals surface area contributed by atoms with Crippen molar-refractivity contribution in [3.05, 3.63) is 23.6 Å². The molecule has 0 radical (unpaired) electrons. The first kappa shape index (κ1) is 8.48.